The maximum absolute atomic E-state index is 12.1. The number of aromatic nitrogens is 3. The molecule has 0 saturated carbocycles. The molecule has 0 fully saturated rings. The number of hydrogen-bond acceptors (Lipinski definition) is 5. The number of thioether (sulfide) groups is 1. The molecule has 1 atom stereocenters. The molecule has 0 spiro atoms. The van der Waals surface area contributed by atoms with E-state index in [9.17, 15) is 4.79 Å². The summed E-state index contributed by atoms with van der Waals surface area (Å²) >= 11 is 5.87. The molecule has 1 unspecified atom stereocenters. The SMILES string of the molecule is O=c1c2ncccc2nc2n1CC(CS)S2. The van der Waals surface area contributed by atoms with Crippen molar-refractivity contribution in [1.82, 2.24) is 14.5 Å². The smallest absolute Gasteiger partial charge is 0.280 e. The number of fused-ring (bicyclic) bond motifs is 2. The van der Waals surface area contributed by atoms with Gasteiger partial charge in [-0.15, -0.1) is 0 Å². The summed E-state index contributed by atoms with van der Waals surface area (Å²) in [5, 5.41) is 1.12. The molecule has 2 aromatic heterocycles. The van der Waals surface area contributed by atoms with Crippen molar-refractivity contribution in [2.75, 3.05) is 5.75 Å². The molecule has 6 heteroatoms. The maximum atomic E-state index is 12.1. The van der Waals surface area contributed by atoms with E-state index in [0.717, 1.165) is 10.9 Å². The van der Waals surface area contributed by atoms with Crippen LogP contribution in [0.5, 0.6) is 0 Å². The van der Waals surface area contributed by atoms with Crippen molar-refractivity contribution < 1.29 is 0 Å². The minimum absolute atomic E-state index is 0.0441. The van der Waals surface area contributed by atoms with Gasteiger partial charge < -0.3 is 0 Å². The van der Waals surface area contributed by atoms with Crippen LogP contribution in [0.1, 0.15) is 0 Å². The van der Waals surface area contributed by atoms with Crippen LogP contribution in [0.15, 0.2) is 28.3 Å². The van der Waals surface area contributed by atoms with Crippen molar-refractivity contribution in [1.29, 1.82) is 0 Å². The normalized spacial score (nSPS) is 18.9. The van der Waals surface area contributed by atoms with Crippen LogP contribution >= 0.6 is 24.4 Å². The quantitative estimate of drug-likeness (QED) is 0.611. The zero-order valence-corrected chi connectivity index (χ0v) is 10.0. The van der Waals surface area contributed by atoms with E-state index in [1.165, 1.54) is 0 Å². The molecule has 4 nitrogen and oxygen atoms in total. The molecule has 82 valence electrons. The van der Waals surface area contributed by atoms with Crippen LogP contribution in [-0.4, -0.2) is 25.5 Å². The van der Waals surface area contributed by atoms with Crippen LogP contribution in [0, 0.1) is 0 Å². The summed E-state index contributed by atoms with van der Waals surface area (Å²) in [6, 6.07) is 3.61. The molecule has 1 aliphatic rings. The zero-order chi connectivity index (χ0) is 11.1. The van der Waals surface area contributed by atoms with Crippen molar-refractivity contribution in [3.8, 4) is 0 Å². The first-order chi connectivity index (χ1) is 7.79. The highest BCUT2D eigenvalue weighted by atomic mass is 32.2. The molecule has 16 heavy (non-hydrogen) atoms. The minimum Gasteiger partial charge on any atom is -0.285 e. The number of nitrogens with zero attached hydrogens (tertiary/aromatic N) is 3. The maximum Gasteiger partial charge on any atom is 0.280 e. The molecular formula is C10H9N3OS2. The lowest BCUT2D eigenvalue weighted by atomic mass is 10.3. The molecule has 0 aromatic carbocycles. The Kier molecular flexibility index (Phi) is 2.40. The second-order valence-corrected chi connectivity index (χ2v) is 5.24. The Hall–Kier alpha value is -1.01. The third-order valence-electron chi connectivity index (χ3n) is 2.54. The third-order valence-corrected chi connectivity index (χ3v) is 4.40. The van der Waals surface area contributed by atoms with Crippen LogP contribution in [0.25, 0.3) is 11.0 Å². The van der Waals surface area contributed by atoms with Gasteiger partial charge in [0.05, 0.1) is 5.52 Å². The van der Waals surface area contributed by atoms with Gasteiger partial charge in [0.25, 0.3) is 5.56 Å². The molecule has 0 N–H and O–H groups in total. The first-order valence-corrected chi connectivity index (χ1v) is 6.44. The predicted molar refractivity (Wildman–Crippen MR) is 67.3 cm³/mol. The van der Waals surface area contributed by atoms with Crippen molar-refractivity contribution in [3.63, 3.8) is 0 Å². The van der Waals surface area contributed by atoms with Gasteiger partial charge >= 0.3 is 0 Å². The highest BCUT2D eigenvalue weighted by Gasteiger charge is 2.24. The van der Waals surface area contributed by atoms with Gasteiger partial charge in [0.15, 0.2) is 10.7 Å². The molecule has 0 amide bonds. The highest BCUT2D eigenvalue weighted by Crippen LogP contribution is 2.30. The van der Waals surface area contributed by atoms with E-state index in [0.29, 0.717) is 22.8 Å². The van der Waals surface area contributed by atoms with Crippen molar-refractivity contribution in [3.05, 3.63) is 28.7 Å². The molecule has 3 heterocycles. The van der Waals surface area contributed by atoms with E-state index in [4.69, 9.17) is 0 Å². The molecular weight excluding hydrogens is 242 g/mol. The number of rotatable bonds is 1. The van der Waals surface area contributed by atoms with E-state index in [-0.39, 0.29) is 5.56 Å². The van der Waals surface area contributed by atoms with Crippen LogP contribution in [0.4, 0.5) is 0 Å². The molecule has 0 aliphatic carbocycles. The lowest BCUT2D eigenvalue weighted by Gasteiger charge is -2.02. The molecule has 3 rings (SSSR count). The van der Waals surface area contributed by atoms with Crippen LogP contribution in [0.2, 0.25) is 0 Å². The van der Waals surface area contributed by atoms with E-state index < -0.39 is 0 Å². The first kappa shape index (κ1) is 10.2. The number of pyridine rings is 1. The largest absolute Gasteiger partial charge is 0.285 e. The lowest BCUT2D eigenvalue weighted by molar-refractivity contribution is 0.630. The zero-order valence-electron chi connectivity index (χ0n) is 8.33. The van der Waals surface area contributed by atoms with E-state index in [1.54, 1.807) is 28.6 Å². The summed E-state index contributed by atoms with van der Waals surface area (Å²) in [7, 11) is 0. The van der Waals surface area contributed by atoms with Gasteiger partial charge in [-0.2, -0.15) is 12.6 Å². The van der Waals surface area contributed by atoms with Crippen molar-refractivity contribution in [2.45, 2.75) is 17.0 Å². The second-order valence-electron chi connectivity index (χ2n) is 3.60. The van der Waals surface area contributed by atoms with Gasteiger partial charge in [-0.05, 0) is 12.1 Å². The van der Waals surface area contributed by atoms with Gasteiger partial charge in [0.2, 0.25) is 0 Å². The van der Waals surface area contributed by atoms with E-state index >= 15 is 0 Å². The fourth-order valence-electron chi connectivity index (χ4n) is 1.77. The summed E-state index contributed by atoms with van der Waals surface area (Å²) in [5.74, 6) is 0.747. The summed E-state index contributed by atoms with van der Waals surface area (Å²) in [4.78, 5) is 20.6. The summed E-state index contributed by atoms with van der Waals surface area (Å²) < 4.78 is 1.70. The Balaban J connectivity index is 2.28. The fraction of sp³-hybridized carbons (Fsp3) is 0.300. The summed E-state index contributed by atoms with van der Waals surface area (Å²) in [5.41, 5.74) is 1.08. The van der Waals surface area contributed by atoms with Crippen LogP contribution < -0.4 is 5.56 Å². The Labute approximate surface area is 102 Å². The molecule has 1 aliphatic heterocycles. The van der Waals surface area contributed by atoms with E-state index in [1.807, 2.05) is 6.07 Å². The topological polar surface area (TPSA) is 47.8 Å². The Morgan fingerprint density at radius 1 is 1.62 bits per heavy atom. The van der Waals surface area contributed by atoms with Crippen molar-refractivity contribution in [2.24, 2.45) is 0 Å². The monoisotopic (exact) mass is 251 g/mol. The number of thiol groups is 1. The third kappa shape index (κ3) is 1.44. The minimum atomic E-state index is -0.0441. The summed E-state index contributed by atoms with van der Waals surface area (Å²) in [6.45, 7) is 0.682. The first-order valence-electron chi connectivity index (χ1n) is 4.92. The van der Waals surface area contributed by atoms with Gasteiger partial charge in [-0.3, -0.25) is 9.36 Å². The molecule has 0 saturated heterocycles. The van der Waals surface area contributed by atoms with Gasteiger partial charge in [-0.1, -0.05) is 11.8 Å². The standard InChI is InChI=1S/C10H9N3OS2/c14-9-8-7(2-1-3-11-8)12-10-13(9)4-6(5-15)16-10/h1-3,6,15H,4-5H2. The van der Waals surface area contributed by atoms with Gasteiger partial charge in [0, 0.05) is 23.7 Å². The Morgan fingerprint density at radius 2 is 2.50 bits per heavy atom. The lowest BCUT2D eigenvalue weighted by Crippen LogP contribution is -2.23. The predicted octanol–water partition coefficient (Wildman–Crippen LogP) is 1.20. The second kappa shape index (κ2) is 3.78. The molecule has 2 aromatic rings. The molecule has 0 radical (unpaired) electrons. The van der Waals surface area contributed by atoms with Gasteiger partial charge in [-0.25, -0.2) is 9.97 Å². The van der Waals surface area contributed by atoms with Crippen LogP contribution in [0.3, 0.4) is 0 Å². The molecule has 0 bridgehead atoms. The fourth-order valence-corrected chi connectivity index (χ4v) is 3.14. The average Bonchev–Trinajstić information content (AvgIpc) is 2.73. The average molecular weight is 251 g/mol. The van der Waals surface area contributed by atoms with Crippen molar-refractivity contribution >= 4 is 35.4 Å². The number of hydrogen-bond donors (Lipinski definition) is 1. The Bertz CT molecular complexity index is 611. The van der Waals surface area contributed by atoms with Gasteiger partial charge in [0.1, 0.15) is 0 Å². The summed E-state index contributed by atoms with van der Waals surface area (Å²) in [6.07, 6.45) is 1.62. The van der Waals surface area contributed by atoms with Crippen LogP contribution in [-0.2, 0) is 6.54 Å². The van der Waals surface area contributed by atoms with E-state index in [2.05, 4.69) is 22.6 Å². The highest BCUT2D eigenvalue weighted by molar-refractivity contribution is 8.00. The Morgan fingerprint density at radius 3 is 3.31 bits per heavy atom.